The summed E-state index contributed by atoms with van der Waals surface area (Å²) < 4.78 is 47.5. The van der Waals surface area contributed by atoms with Crippen molar-refractivity contribution in [3.63, 3.8) is 0 Å². The number of halogens is 3. The third kappa shape index (κ3) is 3.17. The number of hydrogen-bond donors (Lipinski definition) is 0. The van der Waals surface area contributed by atoms with Gasteiger partial charge in [-0.05, 0) is 42.5 Å². The highest BCUT2D eigenvalue weighted by Crippen LogP contribution is 2.40. The number of nitrogens with zero attached hydrogens (tertiary/aromatic N) is 4. The summed E-state index contributed by atoms with van der Waals surface area (Å²) in [5.41, 5.74) is 3.71. The lowest BCUT2D eigenvalue weighted by Crippen LogP contribution is -2.02. The fourth-order valence-corrected chi connectivity index (χ4v) is 5.57. The highest BCUT2D eigenvalue weighted by Gasteiger charge is 2.22. The van der Waals surface area contributed by atoms with Crippen LogP contribution in [-0.4, -0.2) is 9.13 Å². The zero-order valence-corrected chi connectivity index (χ0v) is 20.1. The lowest BCUT2D eigenvalue weighted by atomic mass is 10.1. The lowest BCUT2D eigenvalue weighted by Gasteiger charge is -2.11. The van der Waals surface area contributed by atoms with E-state index in [9.17, 15) is 14.9 Å². The van der Waals surface area contributed by atoms with E-state index in [0.29, 0.717) is 40.0 Å². The quantitative estimate of drug-likeness (QED) is 0.235. The molecular formula is C32H15F3N4. The molecule has 0 saturated heterocycles. The molecule has 0 unspecified atom stereocenters. The number of benzene rings is 5. The van der Waals surface area contributed by atoms with E-state index < -0.39 is 17.5 Å². The van der Waals surface area contributed by atoms with Crippen LogP contribution in [-0.2, 0) is 0 Å². The molecular weight excluding hydrogens is 497 g/mol. The van der Waals surface area contributed by atoms with Crippen molar-refractivity contribution in [3.05, 3.63) is 120 Å². The van der Waals surface area contributed by atoms with Crippen LogP contribution in [0.1, 0.15) is 11.1 Å². The monoisotopic (exact) mass is 512 g/mol. The fraction of sp³-hybridized carbons (Fsp3) is 0. The van der Waals surface area contributed by atoms with Crippen molar-refractivity contribution in [1.29, 1.82) is 10.5 Å². The first-order chi connectivity index (χ1) is 19.0. The summed E-state index contributed by atoms with van der Waals surface area (Å²) in [6, 6.07) is 29.4. The number of nitriles is 2. The van der Waals surface area contributed by atoms with Gasteiger partial charge in [0, 0.05) is 33.7 Å². The number of hydrogen-bond acceptors (Lipinski definition) is 2. The first kappa shape index (κ1) is 22.7. The molecule has 0 amide bonds. The molecule has 4 nitrogen and oxygen atoms in total. The molecule has 0 aliphatic rings. The SMILES string of the molecule is N#Cc1ccc(-n2c3ccccc3c3cc4c(cc32)c2ccccc2n4-c2c(F)cc(F)cc2F)c(C#N)c1. The first-order valence-electron chi connectivity index (χ1n) is 12.1. The van der Waals surface area contributed by atoms with Gasteiger partial charge < -0.3 is 9.13 Å². The van der Waals surface area contributed by atoms with Gasteiger partial charge in [-0.3, -0.25) is 0 Å². The van der Waals surface area contributed by atoms with Crippen LogP contribution in [0.2, 0.25) is 0 Å². The van der Waals surface area contributed by atoms with Gasteiger partial charge in [0.15, 0.2) is 11.6 Å². The highest BCUT2D eigenvalue weighted by atomic mass is 19.1. The molecule has 0 spiro atoms. The van der Waals surface area contributed by atoms with Crippen LogP contribution in [0.15, 0.2) is 91.0 Å². The van der Waals surface area contributed by atoms with Crippen molar-refractivity contribution >= 4 is 43.6 Å². The van der Waals surface area contributed by atoms with Gasteiger partial charge in [-0.1, -0.05) is 36.4 Å². The second-order valence-electron chi connectivity index (χ2n) is 9.27. The minimum atomic E-state index is -1.01. The Morgan fingerprint density at radius 3 is 1.69 bits per heavy atom. The predicted molar refractivity (Wildman–Crippen MR) is 144 cm³/mol. The molecule has 0 aliphatic heterocycles. The highest BCUT2D eigenvalue weighted by molar-refractivity contribution is 6.19. The number of para-hydroxylation sites is 2. The largest absolute Gasteiger partial charge is 0.308 e. The molecule has 7 aromatic rings. The predicted octanol–water partition coefficient (Wildman–Crippen LogP) is 8.04. The van der Waals surface area contributed by atoms with Crippen LogP contribution < -0.4 is 0 Å². The summed E-state index contributed by atoms with van der Waals surface area (Å²) >= 11 is 0. The maximum atomic E-state index is 15.1. The third-order valence-electron chi connectivity index (χ3n) is 7.16. The van der Waals surface area contributed by atoms with Gasteiger partial charge in [0.05, 0.1) is 45.0 Å². The van der Waals surface area contributed by atoms with E-state index in [1.165, 1.54) is 4.57 Å². The molecule has 7 rings (SSSR count). The van der Waals surface area contributed by atoms with E-state index >= 15 is 8.78 Å². The number of rotatable bonds is 2. The normalized spacial score (nSPS) is 11.4. The Labute approximate surface area is 219 Å². The minimum absolute atomic E-state index is 0.342. The van der Waals surface area contributed by atoms with E-state index in [4.69, 9.17) is 0 Å². The number of fused-ring (bicyclic) bond motifs is 6. The zero-order chi connectivity index (χ0) is 26.8. The fourth-order valence-electron chi connectivity index (χ4n) is 5.57. The molecule has 2 heterocycles. The number of aromatic nitrogens is 2. The van der Waals surface area contributed by atoms with Gasteiger partial charge in [0.1, 0.15) is 17.6 Å². The molecule has 184 valence electrons. The van der Waals surface area contributed by atoms with Crippen LogP contribution in [0, 0.1) is 40.1 Å². The molecule has 0 radical (unpaired) electrons. The Kier molecular flexibility index (Phi) is 4.79. The molecule has 39 heavy (non-hydrogen) atoms. The molecule has 0 N–H and O–H groups in total. The second-order valence-corrected chi connectivity index (χ2v) is 9.27. The van der Waals surface area contributed by atoms with Gasteiger partial charge in [0.25, 0.3) is 0 Å². The first-order valence-corrected chi connectivity index (χ1v) is 12.1. The molecule has 0 saturated carbocycles. The summed E-state index contributed by atoms with van der Waals surface area (Å²) in [6.07, 6.45) is 0. The maximum absolute atomic E-state index is 15.1. The van der Waals surface area contributed by atoms with E-state index in [1.807, 2.05) is 53.1 Å². The van der Waals surface area contributed by atoms with Crippen molar-refractivity contribution in [3.8, 4) is 23.5 Å². The third-order valence-corrected chi connectivity index (χ3v) is 7.16. The van der Waals surface area contributed by atoms with E-state index in [1.54, 1.807) is 30.3 Å². The van der Waals surface area contributed by atoms with E-state index in [0.717, 1.165) is 32.6 Å². The summed E-state index contributed by atoms with van der Waals surface area (Å²) in [7, 11) is 0. The maximum Gasteiger partial charge on any atom is 0.153 e. The van der Waals surface area contributed by atoms with Crippen LogP contribution >= 0.6 is 0 Å². The van der Waals surface area contributed by atoms with Gasteiger partial charge in [-0.15, -0.1) is 0 Å². The zero-order valence-electron chi connectivity index (χ0n) is 20.1. The molecule has 0 bridgehead atoms. The Hall–Kier alpha value is -5.53. The molecule has 2 aromatic heterocycles. The second kappa shape index (κ2) is 8.24. The smallest absolute Gasteiger partial charge is 0.153 e. The summed E-state index contributed by atoms with van der Waals surface area (Å²) in [4.78, 5) is 0. The standard InChI is InChI=1S/C32H15F3N4/c33-20-12-25(34)32(26(35)13-20)39-29-8-4-2-6-22(29)24-14-30-23(15-31(24)39)21-5-1-3-7-28(21)38(30)27-10-9-18(16-36)11-19(27)17-37/h1-15H. The Balaban J connectivity index is 1.68. The van der Waals surface area contributed by atoms with Crippen LogP contribution in [0.5, 0.6) is 0 Å². The van der Waals surface area contributed by atoms with Crippen molar-refractivity contribution in [2.75, 3.05) is 0 Å². The van der Waals surface area contributed by atoms with Crippen molar-refractivity contribution in [2.24, 2.45) is 0 Å². The lowest BCUT2D eigenvalue weighted by molar-refractivity contribution is 0.537. The van der Waals surface area contributed by atoms with Crippen molar-refractivity contribution in [2.45, 2.75) is 0 Å². The Morgan fingerprint density at radius 2 is 1.10 bits per heavy atom. The molecule has 7 heteroatoms. The molecule has 5 aromatic carbocycles. The van der Waals surface area contributed by atoms with Gasteiger partial charge in [-0.25, -0.2) is 13.2 Å². The van der Waals surface area contributed by atoms with Gasteiger partial charge in [0.2, 0.25) is 0 Å². The van der Waals surface area contributed by atoms with E-state index in [2.05, 4.69) is 12.1 Å². The average Bonchev–Trinajstić information content (AvgIpc) is 3.43. The minimum Gasteiger partial charge on any atom is -0.308 e. The average molecular weight is 512 g/mol. The molecule has 0 atom stereocenters. The topological polar surface area (TPSA) is 57.4 Å². The Morgan fingerprint density at radius 1 is 0.538 bits per heavy atom. The van der Waals surface area contributed by atoms with E-state index in [-0.39, 0.29) is 5.69 Å². The Bertz CT molecular complexity index is 2220. The summed E-state index contributed by atoms with van der Waals surface area (Å²) in [6.45, 7) is 0. The summed E-state index contributed by atoms with van der Waals surface area (Å²) in [5, 5.41) is 22.4. The van der Waals surface area contributed by atoms with Crippen molar-refractivity contribution in [1.82, 2.24) is 9.13 Å². The van der Waals surface area contributed by atoms with Crippen LogP contribution in [0.4, 0.5) is 13.2 Å². The van der Waals surface area contributed by atoms with Crippen molar-refractivity contribution < 1.29 is 13.2 Å². The molecule has 0 fully saturated rings. The van der Waals surface area contributed by atoms with Crippen LogP contribution in [0.25, 0.3) is 55.0 Å². The summed E-state index contributed by atoms with van der Waals surface area (Å²) in [5.74, 6) is -3.00. The van der Waals surface area contributed by atoms with Gasteiger partial charge >= 0.3 is 0 Å². The molecule has 0 aliphatic carbocycles. The van der Waals surface area contributed by atoms with Crippen LogP contribution in [0.3, 0.4) is 0 Å². The van der Waals surface area contributed by atoms with Gasteiger partial charge in [-0.2, -0.15) is 10.5 Å².